The second-order valence-corrected chi connectivity index (χ2v) is 5.95. The molecule has 0 amide bonds. The van der Waals surface area contributed by atoms with E-state index in [4.69, 9.17) is 0 Å². The standard InChI is InChI=1S/C14H27N/c1-12-7-8-14(9-12)11-15-10-13-5-3-2-4-6-13/h12-15H,2-11H2,1H3. The van der Waals surface area contributed by atoms with Gasteiger partial charge in [-0.3, -0.25) is 0 Å². The lowest BCUT2D eigenvalue weighted by Gasteiger charge is -2.22. The van der Waals surface area contributed by atoms with E-state index in [9.17, 15) is 0 Å². The molecule has 2 unspecified atom stereocenters. The van der Waals surface area contributed by atoms with E-state index < -0.39 is 0 Å². The first-order valence-corrected chi connectivity index (χ1v) is 7.05. The third kappa shape index (κ3) is 3.79. The Morgan fingerprint density at radius 2 is 1.60 bits per heavy atom. The molecular weight excluding hydrogens is 182 g/mol. The first kappa shape index (κ1) is 11.4. The summed E-state index contributed by atoms with van der Waals surface area (Å²) in [6, 6.07) is 0. The maximum atomic E-state index is 3.72. The Balaban J connectivity index is 1.54. The molecule has 2 rings (SSSR count). The van der Waals surface area contributed by atoms with Gasteiger partial charge in [-0.15, -0.1) is 0 Å². The van der Waals surface area contributed by atoms with Crippen molar-refractivity contribution >= 4 is 0 Å². The van der Waals surface area contributed by atoms with Crippen LogP contribution in [0.1, 0.15) is 58.3 Å². The summed E-state index contributed by atoms with van der Waals surface area (Å²) in [5, 5.41) is 3.72. The highest BCUT2D eigenvalue weighted by Gasteiger charge is 2.21. The molecule has 2 aliphatic carbocycles. The summed E-state index contributed by atoms with van der Waals surface area (Å²) >= 11 is 0. The quantitative estimate of drug-likeness (QED) is 0.746. The molecule has 0 bridgehead atoms. The van der Waals surface area contributed by atoms with Gasteiger partial charge in [-0.05, 0) is 56.5 Å². The van der Waals surface area contributed by atoms with E-state index in [-0.39, 0.29) is 0 Å². The lowest BCUT2D eigenvalue weighted by atomic mass is 9.89. The van der Waals surface area contributed by atoms with Crippen molar-refractivity contribution in [3.63, 3.8) is 0 Å². The van der Waals surface area contributed by atoms with E-state index in [0.717, 1.165) is 17.8 Å². The Kier molecular flexibility index (Phi) is 4.49. The molecule has 0 aliphatic heterocycles. The molecule has 0 radical (unpaired) electrons. The zero-order chi connectivity index (χ0) is 10.5. The normalized spacial score (nSPS) is 33.4. The van der Waals surface area contributed by atoms with Crippen LogP contribution in [0.5, 0.6) is 0 Å². The Labute approximate surface area is 95.0 Å². The van der Waals surface area contributed by atoms with Gasteiger partial charge in [-0.2, -0.15) is 0 Å². The van der Waals surface area contributed by atoms with E-state index in [1.807, 2.05) is 0 Å². The highest BCUT2D eigenvalue weighted by Crippen LogP contribution is 2.29. The fraction of sp³-hybridized carbons (Fsp3) is 1.00. The molecule has 2 atom stereocenters. The second kappa shape index (κ2) is 5.89. The molecule has 0 aromatic carbocycles. The topological polar surface area (TPSA) is 12.0 Å². The number of hydrogen-bond acceptors (Lipinski definition) is 1. The van der Waals surface area contributed by atoms with Crippen LogP contribution < -0.4 is 5.32 Å². The molecule has 0 saturated heterocycles. The number of rotatable bonds is 4. The predicted molar refractivity (Wildman–Crippen MR) is 65.9 cm³/mol. The summed E-state index contributed by atoms with van der Waals surface area (Å²) in [4.78, 5) is 0. The molecule has 2 saturated carbocycles. The van der Waals surface area contributed by atoms with Gasteiger partial charge in [0.2, 0.25) is 0 Å². The van der Waals surface area contributed by atoms with Crippen molar-refractivity contribution < 1.29 is 0 Å². The van der Waals surface area contributed by atoms with E-state index in [1.54, 1.807) is 0 Å². The van der Waals surface area contributed by atoms with Crippen LogP contribution >= 0.6 is 0 Å². The Morgan fingerprint density at radius 3 is 2.27 bits per heavy atom. The largest absolute Gasteiger partial charge is 0.316 e. The minimum absolute atomic E-state index is 0.989. The van der Waals surface area contributed by atoms with Crippen molar-refractivity contribution in [2.45, 2.75) is 58.3 Å². The average Bonchev–Trinajstić information content (AvgIpc) is 2.66. The number of hydrogen-bond donors (Lipinski definition) is 1. The van der Waals surface area contributed by atoms with Gasteiger partial charge in [0.15, 0.2) is 0 Å². The summed E-state index contributed by atoms with van der Waals surface area (Å²) in [6.45, 7) is 4.99. The Morgan fingerprint density at radius 1 is 0.867 bits per heavy atom. The molecule has 0 aromatic rings. The van der Waals surface area contributed by atoms with Crippen molar-refractivity contribution in [1.82, 2.24) is 5.32 Å². The van der Waals surface area contributed by atoms with Crippen molar-refractivity contribution in [3.8, 4) is 0 Å². The lowest BCUT2D eigenvalue weighted by Crippen LogP contribution is -2.28. The van der Waals surface area contributed by atoms with E-state index in [2.05, 4.69) is 12.2 Å². The second-order valence-electron chi connectivity index (χ2n) is 5.95. The maximum absolute atomic E-state index is 3.72. The average molecular weight is 209 g/mol. The van der Waals surface area contributed by atoms with Crippen molar-refractivity contribution in [3.05, 3.63) is 0 Å². The van der Waals surface area contributed by atoms with Crippen LogP contribution in [0.3, 0.4) is 0 Å². The van der Waals surface area contributed by atoms with Gasteiger partial charge in [0.25, 0.3) is 0 Å². The lowest BCUT2D eigenvalue weighted by molar-refractivity contribution is 0.331. The monoisotopic (exact) mass is 209 g/mol. The van der Waals surface area contributed by atoms with Crippen molar-refractivity contribution in [2.24, 2.45) is 17.8 Å². The maximum Gasteiger partial charge on any atom is -0.00203 e. The molecule has 0 heterocycles. The fourth-order valence-corrected chi connectivity index (χ4v) is 3.39. The zero-order valence-corrected chi connectivity index (χ0v) is 10.3. The molecule has 1 heteroatoms. The smallest absolute Gasteiger partial charge is 0.00203 e. The number of nitrogens with one attached hydrogen (secondary N) is 1. The van der Waals surface area contributed by atoms with Gasteiger partial charge < -0.3 is 5.32 Å². The van der Waals surface area contributed by atoms with Crippen LogP contribution in [0.25, 0.3) is 0 Å². The van der Waals surface area contributed by atoms with Gasteiger partial charge in [0, 0.05) is 0 Å². The molecule has 0 aromatic heterocycles. The van der Waals surface area contributed by atoms with Crippen LogP contribution in [-0.4, -0.2) is 13.1 Å². The molecular formula is C14H27N. The van der Waals surface area contributed by atoms with Crippen LogP contribution in [0.4, 0.5) is 0 Å². The summed E-state index contributed by atoms with van der Waals surface area (Å²) in [7, 11) is 0. The highest BCUT2D eigenvalue weighted by atomic mass is 14.9. The molecule has 15 heavy (non-hydrogen) atoms. The minimum Gasteiger partial charge on any atom is -0.316 e. The van der Waals surface area contributed by atoms with E-state index >= 15 is 0 Å². The van der Waals surface area contributed by atoms with E-state index in [1.165, 1.54) is 64.5 Å². The zero-order valence-electron chi connectivity index (χ0n) is 10.3. The van der Waals surface area contributed by atoms with Crippen LogP contribution in [0.2, 0.25) is 0 Å². The fourth-order valence-electron chi connectivity index (χ4n) is 3.39. The minimum atomic E-state index is 0.989. The third-order valence-electron chi connectivity index (χ3n) is 4.39. The molecule has 1 N–H and O–H groups in total. The molecule has 0 spiro atoms. The SMILES string of the molecule is CC1CCC(CNCC2CCCCC2)C1. The molecule has 1 nitrogen and oxygen atoms in total. The van der Waals surface area contributed by atoms with Crippen LogP contribution in [0, 0.1) is 17.8 Å². The van der Waals surface area contributed by atoms with Crippen molar-refractivity contribution in [1.29, 1.82) is 0 Å². The summed E-state index contributed by atoms with van der Waals surface area (Å²) < 4.78 is 0. The summed E-state index contributed by atoms with van der Waals surface area (Å²) in [6.07, 6.45) is 11.8. The van der Waals surface area contributed by atoms with Gasteiger partial charge >= 0.3 is 0 Å². The Hall–Kier alpha value is -0.0400. The molecule has 2 aliphatic rings. The summed E-state index contributed by atoms with van der Waals surface area (Å²) in [5.74, 6) is 2.98. The third-order valence-corrected chi connectivity index (χ3v) is 4.39. The van der Waals surface area contributed by atoms with Crippen molar-refractivity contribution in [2.75, 3.05) is 13.1 Å². The molecule has 2 fully saturated rings. The highest BCUT2D eigenvalue weighted by molar-refractivity contribution is 4.75. The predicted octanol–water partition coefficient (Wildman–Crippen LogP) is 3.59. The Bertz CT molecular complexity index is 167. The first-order valence-electron chi connectivity index (χ1n) is 7.05. The summed E-state index contributed by atoms with van der Waals surface area (Å²) in [5.41, 5.74) is 0. The van der Waals surface area contributed by atoms with Gasteiger partial charge in [0.1, 0.15) is 0 Å². The van der Waals surface area contributed by atoms with Gasteiger partial charge in [-0.25, -0.2) is 0 Å². The molecule has 88 valence electrons. The van der Waals surface area contributed by atoms with Crippen LogP contribution in [-0.2, 0) is 0 Å². The van der Waals surface area contributed by atoms with Gasteiger partial charge in [-0.1, -0.05) is 32.6 Å². The van der Waals surface area contributed by atoms with Crippen LogP contribution in [0.15, 0.2) is 0 Å². The first-order chi connectivity index (χ1) is 7.34. The van der Waals surface area contributed by atoms with E-state index in [0.29, 0.717) is 0 Å². The van der Waals surface area contributed by atoms with Gasteiger partial charge in [0.05, 0.1) is 0 Å².